The van der Waals surface area contributed by atoms with E-state index in [4.69, 9.17) is 9.97 Å². The van der Waals surface area contributed by atoms with E-state index in [0.29, 0.717) is 0 Å². The molecular formula is C21H28N4O. The van der Waals surface area contributed by atoms with Gasteiger partial charge >= 0.3 is 0 Å². The summed E-state index contributed by atoms with van der Waals surface area (Å²) in [4.78, 5) is 26.1. The first-order chi connectivity index (χ1) is 12.4. The topological polar surface area (TPSA) is 49.3 Å². The number of anilines is 1. The molecule has 0 atom stereocenters. The van der Waals surface area contributed by atoms with Gasteiger partial charge in [0, 0.05) is 48.9 Å². The maximum Gasteiger partial charge on any atom is 0.225 e. The van der Waals surface area contributed by atoms with Gasteiger partial charge in [-0.15, -0.1) is 0 Å². The van der Waals surface area contributed by atoms with Crippen LogP contribution in [0.4, 0.5) is 5.82 Å². The molecule has 3 rings (SSSR count). The molecule has 26 heavy (non-hydrogen) atoms. The van der Waals surface area contributed by atoms with Crippen molar-refractivity contribution >= 4 is 11.7 Å². The SMILES string of the molecule is Cc1cccc(-c2nc(C)c(C)c(N3CCN(C(=O)C(C)C)CC3)n2)c1. The molecule has 2 aromatic rings. The molecule has 138 valence electrons. The number of aromatic nitrogens is 2. The number of carbonyl (C=O) groups excluding carboxylic acids is 1. The van der Waals surface area contributed by atoms with Crippen LogP contribution in [0.3, 0.4) is 0 Å². The lowest BCUT2D eigenvalue weighted by Gasteiger charge is -2.37. The van der Waals surface area contributed by atoms with Gasteiger partial charge < -0.3 is 9.80 Å². The third-order valence-corrected chi connectivity index (χ3v) is 5.02. The fraction of sp³-hybridized carbons (Fsp3) is 0.476. The zero-order chi connectivity index (χ0) is 18.8. The second kappa shape index (κ2) is 7.44. The minimum Gasteiger partial charge on any atom is -0.353 e. The summed E-state index contributed by atoms with van der Waals surface area (Å²) in [5.41, 5.74) is 4.37. The zero-order valence-corrected chi connectivity index (χ0v) is 16.4. The maximum absolute atomic E-state index is 12.2. The quantitative estimate of drug-likeness (QED) is 0.850. The highest BCUT2D eigenvalue weighted by atomic mass is 16.2. The molecular weight excluding hydrogens is 324 g/mol. The Morgan fingerprint density at radius 3 is 2.35 bits per heavy atom. The van der Waals surface area contributed by atoms with Crippen LogP contribution >= 0.6 is 0 Å². The van der Waals surface area contributed by atoms with Gasteiger partial charge in [0.2, 0.25) is 5.91 Å². The van der Waals surface area contributed by atoms with Gasteiger partial charge in [-0.2, -0.15) is 0 Å². The minimum absolute atomic E-state index is 0.0532. The number of piperazine rings is 1. The summed E-state index contributed by atoms with van der Waals surface area (Å²) in [6, 6.07) is 8.29. The van der Waals surface area contributed by atoms with Crippen LogP contribution in [-0.2, 0) is 4.79 Å². The Labute approximate surface area is 156 Å². The van der Waals surface area contributed by atoms with Crippen molar-refractivity contribution in [3.63, 3.8) is 0 Å². The molecule has 0 bridgehead atoms. The van der Waals surface area contributed by atoms with Gasteiger partial charge in [0.05, 0.1) is 0 Å². The summed E-state index contributed by atoms with van der Waals surface area (Å²) in [6.45, 7) is 13.2. The van der Waals surface area contributed by atoms with Crippen LogP contribution in [0.5, 0.6) is 0 Å². The van der Waals surface area contributed by atoms with Crippen molar-refractivity contribution in [3.05, 3.63) is 41.1 Å². The van der Waals surface area contributed by atoms with Crippen molar-refractivity contribution in [1.29, 1.82) is 0 Å². The number of hydrogen-bond acceptors (Lipinski definition) is 4. The highest BCUT2D eigenvalue weighted by Crippen LogP contribution is 2.26. The van der Waals surface area contributed by atoms with E-state index in [9.17, 15) is 4.79 Å². The molecule has 5 nitrogen and oxygen atoms in total. The van der Waals surface area contributed by atoms with E-state index in [2.05, 4.69) is 36.9 Å². The molecule has 1 aromatic heterocycles. The summed E-state index contributed by atoms with van der Waals surface area (Å²) in [5, 5.41) is 0. The molecule has 1 aromatic carbocycles. The number of rotatable bonds is 3. The summed E-state index contributed by atoms with van der Waals surface area (Å²) >= 11 is 0. The number of hydrogen-bond donors (Lipinski definition) is 0. The molecule has 1 fully saturated rings. The average molecular weight is 352 g/mol. The van der Waals surface area contributed by atoms with E-state index in [-0.39, 0.29) is 11.8 Å². The number of amides is 1. The number of aryl methyl sites for hydroxylation is 2. The van der Waals surface area contributed by atoms with Crippen LogP contribution in [-0.4, -0.2) is 47.0 Å². The Hall–Kier alpha value is -2.43. The molecule has 0 aliphatic carbocycles. The molecule has 0 spiro atoms. The van der Waals surface area contributed by atoms with Crippen LogP contribution in [0.25, 0.3) is 11.4 Å². The molecule has 1 aliphatic heterocycles. The molecule has 0 N–H and O–H groups in total. The van der Waals surface area contributed by atoms with Crippen LogP contribution in [0.15, 0.2) is 24.3 Å². The minimum atomic E-state index is 0.0532. The van der Waals surface area contributed by atoms with Gasteiger partial charge in [-0.3, -0.25) is 4.79 Å². The van der Waals surface area contributed by atoms with Gasteiger partial charge in [-0.05, 0) is 26.8 Å². The molecule has 1 amide bonds. The van der Waals surface area contributed by atoms with Gasteiger partial charge in [0.15, 0.2) is 5.82 Å². The number of nitrogens with zero attached hydrogens (tertiary/aromatic N) is 4. The molecule has 5 heteroatoms. The smallest absolute Gasteiger partial charge is 0.225 e. The van der Waals surface area contributed by atoms with Crippen molar-refractivity contribution in [1.82, 2.24) is 14.9 Å². The lowest BCUT2D eigenvalue weighted by molar-refractivity contribution is -0.134. The summed E-state index contributed by atoms with van der Waals surface area (Å²) in [5.74, 6) is 2.05. The van der Waals surface area contributed by atoms with Gasteiger partial charge in [0.25, 0.3) is 0 Å². The van der Waals surface area contributed by atoms with Gasteiger partial charge in [-0.1, -0.05) is 37.6 Å². The van der Waals surface area contributed by atoms with Crippen LogP contribution in [0.2, 0.25) is 0 Å². The van der Waals surface area contributed by atoms with E-state index < -0.39 is 0 Å². The monoisotopic (exact) mass is 352 g/mol. The van der Waals surface area contributed by atoms with Crippen molar-refractivity contribution in [2.24, 2.45) is 5.92 Å². The van der Waals surface area contributed by atoms with Crippen LogP contribution in [0, 0.1) is 26.7 Å². The molecule has 0 unspecified atom stereocenters. The molecule has 1 aliphatic rings. The maximum atomic E-state index is 12.2. The van der Waals surface area contributed by atoms with Gasteiger partial charge in [0.1, 0.15) is 5.82 Å². The first-order valence-electron chi connectivity index (χ1n) is 9.33. The van der Waals surface area contributed by atoms with Crippen molar-refractivity contribution < 1.29 is 4.79 Å². The lowest BCUT2D eigenvalue weighted by atomic mass is 10.1. The zero-order valence-electron chi connectivity index (χ0n) is 16.4. The molecule has 0 radical (unpaired) electrons. The van der Waals surface area contributed by atoms with Crippen LogP contribution < -0.4 is 4.90 Å². The summed E-state index contributed by atoms with van der Waals surface area (Å²) in [7, 11) is 0. The predicted molar refractivity (Wildman–Crippen MR) is 105 cm³/mol. The standard InChI is InChI=1S/C21H28N4O/c1-14(2)21(26)25-11-9-24(10-12-25)20-16(4)17(5)22-19(23-20)18-8-6-7-15(3)13-18/h6-8,13-14H,9-12H2,1-5H3. The fourth-order valence-corrected chi connectivity index (χ4v) is 3.34. The second-order valence-corrected chi connectivity index (χ2v) is 7.42. The Bertz CT molecular complexity index is 808. The third-order valence-electron chi connectivity index (χ3n) is 5.02. The van der Waals surface area contributed by atoms with Gasteiger partial charge in [-0.25, -0.2) is 9.97 Å². The fourth-order valence-electron chi connectivity index (χ4n) is 3.34. The normalized spacial score (nSPS) is 14.8. The van der Waals surface area contributed by atoms with Crippen molar-refractivity contribution in [2.45, 2.75) is 34.6 Å². The highest BCUT2D eigenvalue weighted by Gasteiger charge is 2.25. The van der Waals surface area contributed by atoms with E-state index >= 15 is 0 Å². The average Bonchev–Trinajstić information content (AvgIpc) is 2.63. The third kappa shape index (κ3) is 3.71. The Morgan fingerprint density at radius 1 is 1.04 bits per heavy atom. The second-order valence-electron chi connectivity index (χ2n) is 7.42. The van der Waals surface area contributed by atoms with Crippen molar-refractivity contribution in [2.75, 3.05) is 31.1 Å². The first-order valence-corrected chi connectivity index (χ1v) is 9.33. The molecule has 0 saturated carbocycles. The Balaban J connectivity index is 1.86. The number of carbonyl (C=O) groups is 1. The van der Waals surface area contributed by atoms with E-state index in [1.54, 1.807) is 0 Å². The molecule has 2 heterocycles. The van der Waals surface area contributed by atoms with E-state index in [0.717, 1.165) is 54.6 Å². The number of benzene rings is 1. The van der Waals surface area contributed by atoms with E-state index in [1.165, 1.54) is 5.56 Å². The summed E-state index contributed by atoms with van der Waals surface area (Å²) in [6.07, 6.45) is 0. The Kier molecular flexibility index (Phi) is 5.25. The van der Waals surface area contributed by atoms with Crippen LogP contribution in [0.1, 0.15) is 30.7 Å². The highest BCUT2D eigenvalue weighted by molar-refractivity contribution is 5.78. The predicted octanol–water partition coefficient (Wildman–Crippen LogP) is 3.37. The van der Waals surface area contributed by atoms with E-state index in [1.807, 2.05) is 31.7 Å². The Morgan fingerprint density at radius 2 is 1.73 bits per heavy atom. The van der Waals surface area contributed by atoms with Crippen molar-refractivity contribution in [3.8, 4) is 11.4 Å². The summed E-state index contributed by atoms with van der Waals surface area (Å²) < 4.78 is 0. The molecule has 1 saturated heterocycles. The lowest BCUT2D eigenvalue weighted by Crippen LogP contribution is -2.50. The first kappa shape index (κ1) is 18.4. The largest absolute Gasteiger partial charge is 0.353 e.